The topological polar surface area (TPSA) is 64.3 Å². The van der Waals surface area contributed by atoms with Gasteiger partial charge in [0, 0.05) is 17.6 Å². The quantitative estimate of drug-likeness (QED) is 0.843. The van der Waals surface area contributed by atoms with Crippen LogP contribution in [0.1, 0.15) is 32.4 Å². The Morgan fingerprint density at radius 1 is 1.40 bits per heavy atom. The van der Waals surface area contributed by atoms with E-state index < -0.39 is 29.4 Å². The number of amides is 1. The first-order valence-corrected chi connectivity index (χ1v) is 6.35. The van der Waals surface area contributed by atoms with E-state index in [1.54, 1.807) is 20.8 Å². The van der Waals surface area contributed by atoms with Gasteiger partial charge in [0.15, 0.2) is 11.6 Å². The Hall–Kier alpha value is -1.40. The van der Waals surface area contributed by atoms with E-state index in [0.717, 1.165) is 12.1 Å². The maximum Gasteiger partial charge on any atom is 0.407 e. The smallest absolute Gasteiger partial charge is 0.407 e. The van der Waals surface area contributed by atoms with Crippen molar-refractivity contribution in [3.8, 4) is 0 Å². The number of carbonyl (C=O) groups excluding carboxylic acids is 1. The van der Waals surface area contributed by atoms with Crippen molar-refractivity contribution in [3.05, 3.63) is 34.4 Å². The Balaban J connectivity index is 2.66. The van der Waals surface area contributed by atoms with Crippen LogP contribution in [-0.4, -0.2) is 18.2 Å². The van der Waals surface area contributed by atoms with Crippen LogP contribution in [0.4, 0.5) is 13.6 Å². The first kappa shape index (κ1) is 16.7. The van der Waals surface area contributed by atoms with E-state index in [9.17, 15) is 13.6 Å². The first-order valence-electron chi connectivity index (χ1n) is 5.97. The van der Waals surface area contributed by atoms with E-state index in [-0.39, 0.29) is 17.1 Å². The van der Waals surface area contributed by atoms with Crippen molar-refractivity contribution in [2.24, 2.45) is 5.73 Å². The predicted molar refractivity (Wildman–Crippen MR) is 72.5 cm³/mol. The molecule has 3 N–H and O–H groups in total. The molecule has 1 atom stereocenters. The van der Waals surface area contributed by atoms with E-state index >= 15 is 0 Å². The minimum absolute atomic E-state index is 0.00221. The Labute approximate surface area is 121 Å². The van der Waals surface area contributed by atoms with Gasteiger partial charge in [-0.25, -0.2) is 13.6 Å². The molecule has 1 amide bonds. The Morgan fingerprint density at radius 3 is 2.50 bits per heavy atom. The zero-order valence-electron chi connectivity index (χ0n) is 11.5. The molecular weight excluding hydrogens is 290 g/mol. The van der Waals surface area contributed by atoms with Gasteiger partial charge in [-0.1, -0.05) is 11.6 Å². The van der Waals surface area contributed by atoms with Crippen LogP contribution in [0, 0.1) is 11.6 Å². The molecule has 4 nitrogen and oxygen atoms in total. The normalized spacial score (nSPS) is 12.9. The van der Waals surface area contributed by atoms with E-state index in [2.05, 4.69) is 5.32 Å². The summed E-state index contributed by atoms with van der Waals surface area (Å²) in [6.45, 7) is 5.15. The van der Waals surface area contributed by atoms with E-state index in [4.69, 9.17) is 22.1 Å². The molecule has 0 aliphatic carbocycles. The van der Waals surface area contributed by atoms with Gasteiger partial charge in [0.05, 0.1) is 0 Å². The van der Waals surface area contributed by atoms with Crippen molar-refractivity contribution >= 4 is 17.7 Å². The number of alkyl carbamates (subject to hydrolysis) is 1. The van der Waals surface area contributed by atoms with E-state index in [0.29, 0.717) is 0 Å². The number of hydrogen-bond donors (Lipinski definition) is 2. The molecule has 0 radical (unpaired) electrons. The van der Waals surface area contributed by atoms with Gasteiger partial charge in [-0.05, 0) is 38.5 Å². The van der Waals surface area contributed by atoms with Crippen molar-refractivity contribution < 1.29 is 18.3 Å². The average Bonchev–Trinajstić information content (AvgIpc) is 2.28. The number of nitrogens with two attached hydrogens (primary N) is 1. The summed E-state index contributed by atoms with van der Waals surface area (Å²) in [5.74, 6) is -2.09. The lowest BCUT2D eigenvalue weighted by Crippen LogP contribution is -2.36. The molecule has 112 valence electrons. The second-order valence-corrected chi connectivity index (χ2v) is 5.68. The third-order valence-electron chi connectivity index (χ3n) is 2.30. The minimum atomic E-state index is -1.05. The Bertz CT molecular complexity index is 504. The molecule has 1 aromatic carbocycles. The predicted octanol–water partition coefficient (Wildman–Crippen LogP) is 3.14. The SMILES string of the molecule is CC(C)(C)OC(=O)NCC(N)c1cc(F)c(F)cc1Cl. The monoisotopic (exact) mass is 306 g/mol. The minimum Gasteiger partial charge on any atom is -0.444 e. The summed E-state index contributed by atoms with van der Waals surface area (Å²) in [5.41, 5.74) is 5.36. The van der Waals surface area contributed by atoms with Crippen molar-refractivity contribution in [1.82, 2.24) is 5.32 Å². The van der Waals surface area contributed by atoms with Gasteiger partial charge in [0.25, 0.3) is 0 Å². The molecular formula is C13H17ClF2N2O2. The molecule has 0 aromatic heterocycles. The Kier molecular flexibility index (Phi) is 5.30. The first-order chi connectivity index (χ1) is 9.10. The van der Waals surface area contributed by atoms with Crippen LogP contribution in [0.15, 0.2) is 12.1 Å². The molecule has 1 rings (SSSR count). The maximum absolute atomic E-state index is 13.1. The summed E-state index contributed by atoms with van der Waals surface area (Å²) in [6, 6.07) is 0.990. The molecule has 7 heteroatoms. The van der Waals surface area contributed by atoms with Crippen molar-refractivity contribution in [2.75, 3.05) is 6.54 Å². The van der Waals surface area contributed by atoms with E-state index in [1.807, 2.05) is 0 Å². The van der Waals surface area contributed by atoms with Crippen LogP contribution < -0.4 is 11.1 Å². The number of hydrogen-bond acceptors (Lipinski definition) is 3. The number of benzene rings is 1. The van der Waals surface area contributed by atoms with Crippen molar-refractivity contribution in [2.45, 2.75) is 32.4 Å². The molecule has 20 heavy (non-hydrogen) atoms. The van der Waals surface area contributed by atoms with Crippen LogP contribution in [0.5, 0.6) is 0 Å². The lowest BCUT2D eigenvalue weighted by atomic mass is 10.1. The van der Waals surface area contributed by atoms with Gasteiger partial charge in [0.1, 0.15) is 5.60 Å². The summed E-state index contributed by atoms with van der Waals surface area (Å²) in [4.78, 5) is 11.4. The molecule has 0 saturated heterocycles. The lowest BCUT2D eigenvalue weighted by molar-refractivity contribution is 0.0524. The largest absolute Gasteiger partial charge is 0.444 e. The molecule has 0 saturated carbocycles. The number of carbonyl (C=O) groups is 1. The average molecular weight is 307 g/mol. The second-order valence-electron chi connectivity index (χ2n) is 5.28. The molecule has 0 fully saturated rings. The zero-order valence-corrected chi connectivity index (χ0v) is 12.2. The highest BCUT2D eigenvalue weighted by Crippen LogP contribution is 2.24. The van der Waals surface area contributed by atoms with Gasteiger partial charge in [-0.2, -0.15) is 0 Å². The Morgan fingerprint density at radius 2 is 1.95 bits per heavy atom. The number of rotatable bonds is 3. The van der Waals surface area contributed by atoms with Gasteiger partial charge in [-0.15, -0.1) is 0 Å². The molecule has 0 aliphatic rings. The molecule has 0 heterocycles. The summed E-state index contributed by atoms with van der Waals surface area (Å²) in [6.07, 6.45) is -0.647. The number of ether oxygens (including phenoxy) is 1. The van der Waals surface area contributed by atoms with Gasteiger partial charge < -0.3 is 15.8 Å². The van der Waals surface area contributed by atoms with Crippen LogP contribution in [0.2, 0.25) is 5.02 Å². The summed E-state index contributed by atoms with van der Waals surface area (Å²) in [5, 5.41) is 2.44. The summed E-state index contributed by atoms with van der Waals surface area (Å²) < 4.78 is 31.1. The van der Waals surface area contributed by atoms with Crippen molar-refractivity contribution in [1.29, 1.82) is 0 Å². The highest BCUT2D eigenvalue weighted by Gasteiger charge is 2.18. The highest BCUT2D eigenvalue weighted by atomic mass is 35.5. The second kappa shape index (κ2) is 6.37. The molecule has 1 aromatic rings. The third kappa shape index (κ3) is 4.94. The van der Waals surface area contributed by atoms with Crippen LogP contribution in [0.3, 0.4) is 0 Å². The fourth-order valence-corrected chi connectivity index (χ4v) is 1.73. The lowest BCUT2D eigenvalue weighted by Gasteiger charge is -2.21. The van der Waals surface area contributed by atoms with Crippen LogP contribution in [-0.2, 0) is 4.74 Å². The van der Waals surface area contributed by atoms with Gasteiger partial charge >= 0.3 is 6.09 Å². The molecule has 1 unspecified atom stereocenters. The van der Waals surface area contributed by atoms with Gasteiger partial charge in [-0.3, -0.25) is 0 Å². The molecule has 0 spiro atoms. The molecule has 0 aliphatic heterocycles. The maximum atomic E-state index is 13.1. The summed E-state index contributed by atoms with van der Waals surface area (Å²) >= 11 is 5.79. The van der Waals surface area contributed by atoms with Crippen molar-refractivity contribution in [3.63, 3.8) is 0 Å². The fraction of sp³-hybridized carbons (Fsp3) is 0.462. The highest BCUT2D eigenvalue weighted by molar-refractivity contribution is 6.31. The third-order valence-corrected chi connectivity index (χ3v) is 2.63. The number of nitrogens with one attached hydrogen (secondary N) is 1. The standard InChI is InChI=1S/C13H17ClF2N2O2/c1-13(2,3)20-12(19)18-6-11(17)7-4-9(15)10(16)5-8(7)14/h4-5,11H,6,17H2,1-3H3,(H,18,19). The van der Waals surface area contributed by atoms with Gasteiger partial charge in [0.2, 0.25) is 0 Å². The van der Waals surface area contributed by atoms with Crippen LogP contribution in [0.25, 0.3) is 0 Å². The molecule has 0 bridgehead atoms. The summed E-state index contributed by atoms with van der Waals surface area (Å²) in [7, 11) is 0. The number of halogens is 3. The van der Waals surface area contributed by atoms with Crippen LogP contribution >= 0.6 is 11.6 Å². The zero-order chi connectivity index (χ0) is 15.5. The van der Waals surface area contributed by atoms with E-state index in [1.165, 1.54) is 0 Å². The fourth-order valence-electron chi connectivity index (χ4n) is 1.44.